The average Bonchev–Trinajstić information content (AvgIpc) is 2.87. The summed E-state index contributed by atoms with van der Waals surface area (Å²) in [5.41, 5.74) is 7.33. The number of nitrogens with zero attached hydrogens (tertiary/aromatic N) is 1. The Kier molecular flexibility index (Phi) is 4.82. The zero-order valence-corrected chi connectivity index (χ0v) is 13.1. The van der Waals surface area contributed by atoms with E-state index in [9.17, 15) is 8.42 Å². The smallest absolute Gasteiger partial charge is 0.242 e. The summed E-state index contributed by atoms with van der Waals surface area (Å²) in [7, 11) is -1.77. The summed E-state index contributed by atoms with van der Waals surface area (Å²) < 4.78 is 29.5. The van der Waals surface area contributed by atoms with Gasteiger partial charge in [0.25, 0.3) is 0 Å². The molecule has 3 N–H and O–H groups in total. The summed E-state index contributed by atoms with van der Waals surface area (Å²) in [5.74, 6) is 0. The lowest BCUT2D eigenvalue weighted by molar-refractivity contribution is 0.550. The second-order valence-electron chi connectivity index (χ2n) is 4.97. The Morgan fingerprint density at radius 1 is 1.29 bits per heavy atom. The molecule has 2 aromatic rings. The van der Waals surface area contributed by atoms with Crippen molar-refractivity contribution in [3.63, 3.8) is 0 Å². The van der Waals surface area contributed by atoms with Crippen molar-refractivity contribution in [2.24, 2.45) is 12.8 Å². The number of nitrogens with two attached hydrogens (primary N) is 1. The molecule has 1 aromatic carbocycles. The van der Waals surface area contributed by atoms with E-state index in [1.807, 2.05) is 37.3 Å². The second kappa shape index (κ2) is 6.43. The van der Waals surface area contributed by atoms with Crippen LogP contribution in [0.15, 0.2) is 47.5 Å². The first-order valence-corrected chi connectivity index (χ1v) is 8.38. The monoisotopic (exact) mass is 307 g/mol. The van der Waals surface area contributed by atoms with Gasteiger partial charge in [0.15, 0.2) is 0 Å². The second-order valence-corrected chi connectivity index (χ2v) is 6.69. The molecule has 0 aliphatic heterocycles. The van der Waals surface area contributed by atoms with E-state index >= 15 is 0 Å². The zero-order chi connectivity index (χ0) is 15.5. The fourth-order valence-corrected chi connectivity index (χ4v) is 3.66. The van der Waals surface area contributed by atoms with Crippen molar-refractivity contribution in [3.8, 4) is 0 Å². The highest BCUT2D eigenvalue weighted by atomic mass is 32.2. The van der Waals surface area contributed by atoms with Gasteiger partial charge in [-0.25, -0.2) is 13.1 Å². The molecule has 1 atom stereocenters. The Morgan fingerprint density at radius 2 is 1.95 bits per heavy atom. The molecule has 6 heteroatoms. The molecule has 0 aliphatic carbocycles. The zero-order valence-electron chi connectivity index (χ0n) is 12.3. The van der Waals surface area contributed by atoms with Crippen molar-refractivity contribution in [1.82, 2.24) is 9.29 Å². The first kappa shape index (κ1) is 15.8. The number of hydrogen-bond acceptors (Lipinski definition) is 3. The van der Waals surface area contributed by atoms with Crippen LogP contribution in [0, 0.1) is 0 Å². The number of aromatic nitrogens is 1. The van der Waals surface area contributed by atoms with Crippen LogP contribution in [0.5, 0.6) is 0 Å². The van der Waals surface area contributed by atoms with E-state index in [1.54, 1.807) is 23.9 Å². The minimum atomic E-state index is -3.56. The molecule has 21 heavy (non-hydrogen) atoms. The van der Waals surface area contributed by atoms with Gasteiger partial charge in [-0.2, -0.15) is 0 Å². The molecule has 0 spiro atoms. The van der Waals surface area contributed by atoms with Crippen LogP contribution in [-0.2, 0) is 23.6 Å². The highest BCUT2D eigenvalue weighted by Crippen LogP contribution is 2.21. The lowest BCUT2D eigenvalue weighted by atomic mass is 10.1. The SMILES string of the molecule is CCC(NS(=O)(=O)c1cc(CN)n(C)c1)c1ccccc1. The molecule has 0 aliphatic rings. The molecular weight excluding hydrogens is 286 g/mol. The van der Waals surface area contributed by atoms with Gasteiger partial charge < -0.3 is 10.3 Å². The Bertz CT molecular complexity index is 693. The van der Waals surface area contributed by atoms with Gasteiger partial charge in [-0.3, -0.25) is 0 Å². The maximum atomic E-state index is 12.5. The highest BCUT2D eigenvalue weighted by molar-refractivity contribution is 7.89. The van der Waals surface area contributed by atoms with Gasteiger partial charge >= 0.3 is 0 Å². The van der Waals surface area contributed by atoms with Gasteiger partial charge in [0.2, 0.25) is 10.0 Å². The van der Waals surface area contributed by atoms with E-state index in [4.69, 9.17) is 5.73 Å². The number of benzene rings is 1. The minimum Gasteiger partial charge on any atom is -0.352 e. The number of rotatable bonds is 6. The van der Waals surface area contributed by atoms with Crippen LogP contribution >= 0.6 is 0 Å². The normalized spacial score (nSPS) is 13.3. The molecule has 0 bridgehead atoms. The molecule has 0 saturated heterocycles. The van der Waals surface area contributed by atoms with E-state index in [0.717, 1.165) is 11.3 Å². The molecule has 1 heterocycles. The first-order chi connectivity index (χ1) is 9.97. The Hall–Kier alpha value is -1.63. The van der Waals surface area contributed by atoms with Gasteiger partial charge in [0.05, 0.1) is 4.90 Å². The summed E-state index contributed by atoms with van der Waals surface area (Å²) in [4.78, 5) is 0.250. The van der Waals surface area contributed by atoms with Gasteiger partial charge in [0.1, 0.15) is 0 Å². The lowest BCUT2D eigenvalue weighted by Crippen LogP contribution is -2.28. The third kappa shape index (κ3) is 3.53. The number of hydrogen-bond donors (Lipinski definition) is 2. The van der Waals surface area contributed by atoms with Gasteiger partial charge in [-0.05, 0) is 18.1 Å². The van der Waals surface area contributed by atoms with Gasteiger partial charge in [-0.1, -0.05) is 37.3 Å². The highest BCUT2D eigenvalue weighted by Gasteiger charge is 2.22. The molecule has 2 rings (SSSR count). The predicted octanol–water partition coefficient (Wildman–Crippen LogP) is 1.91. The van der Waals surface area contributed by atoms with E-state index < -0.39 is 10.0 Å². The van der Waals surface area contributed by atoms with Crippen molar-refractivity contribution in [1.29, 1.82) is 0 Å². The molecule has 0 fully saturated rings. The van der Waals surface area contributed by atoms with Crippen LogP contribution in [0.1, 0.15) is 30.6 Å². The lowest BCUT2D eigenvalue weighted by Gasteiger charge is -2.17. The van der Waals surface area contributed by atoms with Crippen molar-refractivity contribution >= 4 is 10.0 Å². The van der Waals surface area contributed by atoms with E-state index in [2.05, 4.69) is 4.72 Å². The topological polar surface area (TPSA) is 77.1 Å². The number of aryl methyl sites for hydroxylation is 1. The molecule has 114 valence electrons. The van der Waals surface area contributed by atoms with Crippen molar-refractivity contribution in [3.05, 3.63) is 53.9 Å². The van der Waals surface area contributed by atoms with E-state index in [-0.39, 0.29) is 10.9 Å². The van der Waals surface area contributed by atoms with Crippen LogP contribution in [0.3, 0.4) is 0 Å². The third-order valence-corrected chi connectivity index (χ3v) is 4.95. The van der Waals surface area contributed by atoms with Crippen molar-refractivity contribution < 1.29 is 8.42 Å². The molecular formula is C15H21N3O2S. The molecule has 1 aromatic heterocycles. The largest absolute Gasteiger partial charge is 0.352 e. The van der Waals surface area contributed by atoms with Gasteiger partial charge in [0, 0.05) is 31.5 Å². The standard InChI is InChI=1S/C15H21N3O2S/c1-3-15(12-7-5-4-6-8-12)17-21(19,20)14-9-13(10-16)18(2)11-14/h4-9,11,15,17H,3,10,16H2,1-2H3. The van der Waals surface area contributed by atoms with Crippen LogP contribution in [0.4, 0.5) is 0 Å². The number of nitrogens with one attached hydrogen (secondary N) is 1. The Balaban J connectivity index is 2.27. The predicted molar refractivity (Wildman–Crippen MR) is 83.1 cm³/mol. The Labute approximate surface area is 125 Å². The van der Waals surface area contributed by atoms with Crippen molar-refractivity contribution in [2.75, 3.05) is 0 Å². The Morgan fingerprint density at radius 3 is 2.48 bits per heavy atom. The maximum Gasteiger partial charge on any atom is 0.242 e. The molecule has 5 nitrogen and oxygen atoms in total. The first-order valence-electron chi connectivity index (χ1n) is 6.90. The van der Waals surface area contributed by atoms with Crippen molar-refractivity contribution in [2.45, 2.75) is 30.8 Å². The van der Waals surface area contributed by atoms with E-state index in [0.29, 0.717) is 13.0 Å². The van der Waals surface area contributed by atoms with E-state index in [1.165, 1.54) is 0 Å². The molecule has 0 amide bonds. The fourth-order valence-electron chi connectivity index (χ4n) is 2.25. The summed E-state index contributed by atoms with van der Waals surface area (Å²) >= 11 is 0. The summed E-state index contributed by atoms with van der Waals surface area (Å²) in [6.45, 7) is 2.26. The molecule has 1 unspecified atom stereocenters. The van der Waals surface area contributed by atoms with Crippen LogP contribution < -0.4 is 10.5 Å². The quantitative estimate of drug-likeness (QED) is 0.856. The molecule has 0 radical (unpaired) electrons. The molecule has 0 saturated carbocycles. The minimum absolute atomic E-state index is 0.238. The summed E-state index contributed by atoms with van der Waals surface area (Å²) in [6, 6.07) is 10.9. The summed E-state index contributed by atoms with van der Waals surface area (Å²) in [6.07, 6.45) is 2.27. The van der Waals surface area contributed by atoms with Crippen LogP contribution in [-0.4, -0.2) is 13.0 Å². The average molecular weight is 307 g/mol. The van der Waals surface area contributed by atoms with Gasteiger partial charge in [-0.15, -0.1) is 0 Å². The van der Waals surface area contributed by atoms with Crippen LogP contribution in [0.2, 0.25) is 0 Å². The number of sulfonamides is 1. The third-order valence-electron chi connectivity index (χ3n) is 3.51. The van der Waals surface area contributed by atoms with Crippen LogP contribution in [0.25, 0.3) is 0 Å². The summed E-state index contributed by atoms with van der Waals surface area (Å²) in [5, 5.41) is 0. The fraction of sp³-hybridized carbons (Fsp3) is 0.333. The maximum absolute atomic E-state index is 12.5.